The molecule has 6 nitrogen and oxygen atoms in total. The van der Waals surface area contributed by atoms with Crippen molar-refractivity contribution in [1.82, 2.24) is 14.3 Å². The van der Waals surface area contributed by atoms with E-state index in [0.29, 0.717) is 10.7 Å². The summed E-state index contributed by atoms with van der Waals surface area (Å²) in [4.78, 5) is 15.8. The van der Waals surface area contributed by atoms with Crippen LogP contribution in [0.3, 0.4) is 0 Å². The second kappa shape index (κ2) is 7.28. The van der Waals surface area contributed by atoms with Crippen LogP contribution in [0.1, 0.15) is 10.5 Å². The fourth-order valence-corrected chi connectivity index (χ4v) is 4.47. The summed E-state index contributed by atoms with van der Waals surface area (Å²) in [5.41, 5.74) is 0.567. The van der Waals surface area contributed by atoms with Crippen molar-refractivity contribution in [1.29, 1.82) is 0 Å². The molecule has 0 spiro atoms. The zero-order chi connectivity index (χ0) is 18.9. The van der Waals surface area contributed by atoms with Crippen LogP contribution < -0.4 is 4.72 Å². The first-order chi connectivity index (χ1) is 12.3. The SMILES string of the molecule is O=C(NS(=O)(=O)c1c(Cl)cccc1Cl)c1cn(-c2cccc(Cl)c2)cn1. The van der Waals surface area contributed by atoms with E-state index >= 15 is 0 Å². The van der Waals surface area contributed by atoms with Crippen molar-refractivity contribution in [2.24, 2.45) is 0 Å². The molecule has 26 heavy (non-hydrogen) atoms. The maximum absolute atomic E-state index is 12.4. The van der Waals surface area contributed by atoms with E-state index in [4.69, 9.17) is 34.8 Å². The first-order valence-electron chi connectivity index (χ1n) is 7.09. The number of imidazole rings is 1. The first kappa shape index (κ1) is 18.7. The van der Waals surface area contributed by atoms with Gasteiger partial charge < -0.3 is 4.57 Å². The van der Waals surface area contributed by atoms with Gasteiger partial charge in [0.2, 0.25) is 0 Å². The second-order valence-corrected chi connectivity index (χ2v) is 8.00. The summed E-state index contributed by atoms with van der Waals surface area (Å²) < 4.78 is 28.3. The highest BCUT2D eigenvalue weighted by atomic mass is 35.5. The first-order valence-corrected chi connectivity index (χ1v) is 9.71. The van der Waals surface area contributed by atoms with Gasteiger partial charge >= 0.3 is 0 Å². The van der Waals surface area contributed by atoms with E-state index in [1.54, 1.807) is 24.3 Å². The van der Waals surface area contributed by atoms with Gasteiger partial charge in [0, 0.05) is 16.9 Å². The van der Waals surface area contributed by atoms with Gasteiger partial charge in [0.05, 0.1) is 10.0 Å². The summed E-state index contributed by atoms with van der Waals surface area (Å²) in [6.07, 6.45) is 2.75. The predicted molar refractivity (Wildman–Crippen MR) is 99.7 cm³/mol. The van der Waals surface area contributed by atoms with Gasteiger partial charge in [-0.15, -0.1) is 0 Å². The molecule has 0 bridgehead atoms. The van der Waals surface area contributed by atoms with Crippen molar-refractivity contribution in [2.45, 2.75) is 4.90 Å². The van der Waals surface area contributed by atoms with E-state index in [0.717, 1.165) is 0 Å². The average molecular weight is 431 g/mol. The minimum absolute atomic E-state index is 0.0951. The third-order valence-corrected chi connectivity index (χ3v) is 5.86. The molecule has 0 atom stereocenters. The number of benzene rings is 2. The van der Waals surface area contributed by atoms with Gasteiger partial charge in [-0.25, -0.2) is 18.1 Å². The van der Waals surface area contributed by atoms with Crippen molar-refractivity contribution in [3.8, 4) is 5.69 Å². The van der Waals surface area contributed by atoms with Crippen LogP contribution in [0.2, 0.25) is 15.1 Å². The Hall–Kier alpha value is -2.06. The Morgan fingerprint density at radius 3 is 2.35 bits per heavy atom. The van der Waals surface area contributed by atoms with Crippen molar-refractivity contribution >= 4 is 50.7 Å². The molecule has 0 aliphatic rings. The monoisotopic (exact) mass is 429 g/mol. The Morgan fingerprint density at radius 2 is 1.69 bits per heavy atom. The number of carbonyl (C=O) groups is 1. The van der Waals surface area contributed by atoms with Crippen molar-refractivity contribution in [2.75, 3.05) is 0 Å². The molecule has 3 rings (SSSR count). The van der Waals surface area contributed by atoms with Crippen molar-refractivity contribution in [3.63, 3.8) is 0 Å². The van der Waals surface area contributed by atoms with Gasteiger partial charge in [-0.1, -0.05) is 46.9 Å². The van der Waals surface area contributed by atoms with Crippen molar-refractivity contribution < 1.29 is 13.2 Å². The molecule has 0 aliphatic heterocycles. The minimum atomic E-state index is -4.26. The highest BCUT2D eigenvalue weighted by Crippen LogP contribution is 2.28. The molecule has 3 aromatic rings. The lowest BCUT2D eigenvalue weighted by Crippen LogP contribution is -2.31. The molecule has 0 unspecified atom stereocenters. The Morgan fingerprint density at radius 1 is 1.04 bits per heavy atom. The zero-order valence-electron chi connectivity index (χ0n) is 12.9. The summed E-state index contributed by atoms with van der Waals surface area (Å²) in [5.74, 6) is -0.915. The lowest BCUT2D eigenvalue weighted by molar-refractivity contribution is 0.0977. The van der Waals surface area contributed by atoms with Crippen LogP contribution in [0.4, 0.5) is 0 Å². The third-order valence-electron chi connectivity index (χ3n) is 3.34. The summed E-state index contributed by atoms with van der Waals surface area (Å²) in [7, 11) is -4.26. The normalized spacial score (nSPS) is 11.3. The molecule has 1 aromatic heterocycles. The number of nitrogens with zero attached hydrogens (tertiary/aromatic N) is 2. The second-order valence-electron chi connectivity index (χ2n) is 5.13. The van der Waals surface area contributed by atoms with Gasteiger partial charge in [-0.3, -0.25) is 4.79 Å². The number of hydrogen-bond acceptors (Lipinski definition) is 4. The maximum Gasteiger partial charge on any atom is 0.285 e. The lowest BCUT2D eigenvalue weighted by Gasteiger charge is -2.09. The standard InChI is InChI=1S/C16H10Cl3N3O3S/c17-10-3-1-4-11(7-10)22-8-14(20-9-22)16(23)21-26(24,25)15-12(18)5-2-6-13(15)19/h1-9H,(H,21,23). The number of halogens is 3. The maximum atomic E-state index is 12.4. The Bertz CT molecular complexity index is 1080. The molecule has 1 heterocycles. The number of amides is 1. The van der Waals surface area contributed by atoms with E-state index < -0.39 is 15.9 Å². The number of aromatic nitrogens is 2. The molecule has 0 fully saturated rings. The van der Waals surface area contributed by atoms with Crippen LogP contribution in [0, 0.1) is 0 Å². The molecule has 1 amide bonds. The highest BCUT2D eigenvalue weighted by Gasteiger charge is 2.25. The quantitative estimate of drug-likeness (QED) is 0.679. The summed E-state index contributed by atoms with van der Waals surface area (Å²) in [6, 6.07) is 11.1. The van der Waals surface area contributed by atoms with Crippen LogP contribution in [0.15, 0.2) is 59.9 Å². The number of carbonyl (C=O) groups excluding carboxylic acids is 1. The Kier molecular flexibility index (Phi) is 5.24. The van der Waals surface area contributed by atoms with E-state index in [9.17, 15) is 13.2 Å². The van der Waals surface area contributed by atoms with Crippen molar-refractivity contribution in [3.05, 3.63) is 75.8 Å². The fourth-order valence-electron chi connectivity index (χ4n) is 2.18. The van der Waals surface area contributed by atoms with Crippen LogP contribution in [-0.2, 0) is 10.0 Å². The predicted octanol–water partition coefficient (Wildman–Crippen LogP) is 3.95. The summed E-state index contributed by atoms with van der Waals surface area (Å²) >= 11 is 17.7. The number of hydrogen-bond donors (Lipinski definition) is 1. The Balaban J connectivity index is 1.87. The molecular weight excluding hydrogens is 421 g/mol. The molecule has 134 valence electrons. The minimum Gasteiger partial charge on any atom is -0.305 e. The average Bonchev–Trinajstić information content (AvgIpc) is 3.04. The van der Waals surface area contributed by atoms with Crippen LogP contribution in [-0.4, -0.2) is 23.9 Å². The van der Waals surface area contributed by atoms with E-state index in [-0.39, 0.29) is 20.6 Å². The van der Waals surface area contributed by atoms with Gasteiger partial charge in [0.25, 0.3) is 15.9 Å². The molecule has 1 N–H and O–H groups in total. The van der Waals surface area contributed by atoms with E-state index in [2.05, 4.69) is 4.98 Å². The molecule has 0 aliphatic carbocycles. The molecule has 0 saturated heterocycles. The topological polar surface area (TPSA) is 81.1 Å². The molecule has 2 aromatic carbocycles. The summed E-state index contributed by atoms with van der Waals surface area (Å²) in [6.45, 7) is 0. The number of sulfonamides is 1. The third kappa shape index (κ3) is 3.86. The number of nitrogens with one attached hydrogen (secondary N) is 1. The van der Waals surface area contributed by atoms with Gasteiger partial charge in [-0.05, 0) is 30.3 Å². The molecule has 10 heteroatoms. The van der Waals surface area contributed by atoms with E-state index in [1.165, 1.54) is 35.3 Å². The van der Waals surface area contributed by atoms with E-state index in [1.807, 2.05) is 4.72 Å². The summed E-state index contributed by atoms with van der Waals surface area (Å²) in [5, 5.41) is 0.322. The van der Waals surface area contributed by atoms with Gasteiger partial charge in [-0.2, -0.15) is 0 Å². The Labute approximate surface area is 164 Å². The molecule has 0 radical (unpaired) electrons. The van der Waals surface area contributed by atoms with Gasteiger partial charge in [0.1, 0.15) is 16.9 Å². The smallest absolute Gasteiger partial charge is 0.285 e. The van der Waals surface area contributed by atoms with Gasteiger partial charge in [0.15, 0.2) is 0 Å². The largest absolute Gasteiger partial charge is 0.305 e. The van der Waals surface area contributed by atoms with Crippen LogP contribution in [0.25, 0.3) is 5.69 Å². The highest BCUT2D eigenvalue weighted by molar-refractivity contribution is 7.90. The molecule has 0 saturated carbocycles. The number of rotatable bonds is 4. The van der Waals surface area contributed by atoms with Crippen LogP contribution in [0.5, 0.6) is 0 Å². The fraction of sp³-hybridized carbons (Fsp3) is 0. The lowest BCUT2D eigenvalue weighted by atomic mass is 10.3. The molecular formula is C16H10Cl3N3O3S. The van der Waals surface area contributed by atoms with Crippen LogP contribution >= 0.6 is 34.8 Å². The zero-order valence-corrected chi connectivity index (χ0v) is 15.9.